The zero-order chi connectivity index (χ0) is 24.9. The summed E-state index contributed by atoms with van der Waals surface area (Å²) < 4.78 is 17.2. The molecule has 0 amide bonds. The highest BCUT2D eigenvalue weighted by molar-refractivity contribution is 6.31. The Balaban J connectivity index is 0.00000199. The lowest BCUT2D eigenvalue weighted by molar-refractivity contribution is -0.143. The maximum Gasteiger partial charge on any atom is 0.307 e. The van der Waals surface area contributed by atoms with Gasteiger partial charge in [-0.05, 0) is 68.1 Å². The summed E-state index contributed by atoms with van der Waals surface area (Å²) in [6, 6.07) is 12.3. The number of nitrogens with zero attached hydrogens (tertiary/aromatic N) is 1. The molecule has 1 atom stereocenters. The molecule has 0 saturated carbocycles. The molecule has 0 unspecified atom stereocenters. The molecule has 0 spiro atoms. The van der Waals surface area contributed by atoms with E-state index in [4.69, 9.17) is 25.8 Å². The zero-order valence-electron chi connectivity index (χ0n) is 20.5. The molecule has 0 radical (unpaired) electrons. The maximum absolute atomic E-state index is 11.5. The van der Waals surface area contributed by atoms with Crippen LogP contribution in [0.5, 0.6) is 5.75 Å². The Morgan fingerprint density at radius 2 is 1.97 bits per heavy atom. The van der Waals surface area contributed by atoms with Crippen LogP contribution in [0.15, 0.2) is 36.4 Å². The van der Waals surface area contributed by atoms with Crippen molar-refractivity contribution in [2.24, 2.45) is 0 Å². The van der Waals surface area contributed by atoms with Crippen LogP contribution in [0.2, 0.25) is 5.02 Å². The van der Waals surface area contributed by atoms with Crippen LogP contribution in [0.3, 0.4) is 0 Å². The van der Waals surface area contributed by atoms with Gasteiger partial charge in [-0.1, -0.05) is 36.7 Å². The molecule has 2 aromatic rings. The summed E-state index contributed by atoms with van der Waals surface area (Å²) in [6.07, 6.45) is 11.4. The third kappa shape index (κ3) is 8.06. The van der Waals surface area contributed by atoms with Gasteiger partial charge in [0.15, 0.2) is 0 Å². The Labute approximate surface area is 209 Å². The van der Waals surface area contributed by atoms with Crippen molar-refractivity contribution in [3.05, 3.63) is 63.7 Å². The quantitative estimate of drug-likeness (QED) is 0.288. The topological polar surface area (TPSA) is 48.0 Å². The van der Waals surface area contributed by atoms with E-state index in [1.54, 1.807) is 0 Å². The lowest BCUT2D eigenvalue weighted by Gasteiger charge is -2.19. The molecule has 0 aliphatic heterocycles. The van der Waals surface area contributed by atoms with Gasteiger partial charge in [0.05, 0.1) is 25.7 Å². The highest BCUT2D eigenvalue weighted by atomic mass is 35.5. The van der Waals surface area contributed by atoms with Crippen LogP contribution in [0.4, 0.5) is 0 Å². The van der Waals surface area contributed by atoms with Crippen LogP contribution in [0.1, 0.15) is 55.0 Å². The van der Waals surface area contributed by atoms with Gasteiger partial charge in [-0.15, -0.1) is 12.8 Å². The highest BCUT2D eigenvalue weighted by Crippen LogP contribution is 2.36. The first kappa shape index (κ1) is 27.7. The van der Waals surface area contributed by atoms with Crippen LogP contribution in [-0.4, -0.2) is 44.2 Å². The molecule has 0 N–H and O–H groups in total. The number of likely N-dealkylation sites (N-methyl/N-ethyl adjacent to an activating group) is 1. The third-order valence-electron chi connectivity index (χ3n) is 5.91. The van der Waals surface area contributed by atoms with Crippen LogP contribution in [0, 0.1) is 12.8 Å². The van der Waals surface area contributed by atoms with Crippen LogP contribution >= 0.6 is 11.6 Å². The van der Waals surface area contributed by atoms with Gasteiger partial charge in [0.2, 0.25) is 0 Å². The minimum absolute atomic E-state index is 0.118. The first-order chi connectivity index (χ1) is 16.5. The number of carbonyl (C=O) groups excluding carboxylic acids is 1. The van der Waals surface area contributed by atoms with E-state index in [2.05, 4.69) is 42.9 Å². The Kier molecular flexibility index (Phi) is 12.0. The predicted octanol–water partition coefficient (Wildman–Crippen LogP) is 5.62. The van der Waals surface area contributed by atoms with E-state index < -0.39 is 0 Å². The van der Waals surface area contributed by atoms with Crippen molar-refractivity contribution in [2.45, 2.75) is 52.2 Å². The summed E-state index contributed by atoms with van der Waals surface area (Å²) in [7, 11) is 2.00. The number of esters is 1. The Morgan fingerprint density at radius 3 is 2.71 bits per heavy atom. The molecule has 34 heavy (non-hydrogen) atoms. The molecule has 0 saturated heterocycles. The van der Waals surface area contributed by atoms with E-state index >= 15 is 0 Å². The van der Waals surface area contributed by atoms with Crippen molar-refractivity contribution in [1.29, 1.82) is 0 Å². The number of aryl methyl sites for hydroxylation is 2. The fourth-order valence-electron chi connectivity index (χ4n) is 4.05. The monoisotopic (exact) mass is 485 g/mol. The van der Waals surface area contributed by atoms with Gasteiger partial charge in [0.25, 0.3) is 0 Å². The van der Waals surface area contributed by atoms with Crippen molar-refractivity contribution in [3.63, 3.8) is 0 Å². The average molecular weight is 486 g/mol. The second-order valence-corrected chi connectivity index (χ2v) is 8.54. The zero-order valence-corrected chi connectivity index (χ0v) is 21.3. The number of rotatable bonds is 12. The van der Waals surface area contributed by atoms with Gasteiger partial charge >= 0.3 is 5.97 Å². The Hall–Kier alpha value is -2.52. The third-order valence-corrected chi connectivity index (χ3v) is 6.27. The van der Waals surface area contributed by atoms with E-state index in [1.165, 1.54) is 16.7 Å². The second-order valence-electron chi connectivity index (χ2n) is 8.14. The molecule has 184 valence electrons. The fraction of sp³-hybridized carbons (Fsp3) is 0.464. The van der Waals surface area contributed by atoms with Crippen LogP contribution in [0.25, 0.3) is 0 Å². The number of hydrogen-bond acceptors (Lipinski definition) is 5. The van der Waals surface area contributed by atoms with E-state index in [0.29, 0.717) is 32.8 Å². The molecule has 1 aliphatic carbocycles. The normalized spacial score (nSPS) is 14.3. The highest BCUT2D eigenvalue weighted by Gasteiger charge is 2.23. The summed E-state index contributed by atoms with van der Waals surface area (Å²) in [5.74, 6) is 0.716. The number of carbonyl (C=O) groups is 1. The maximum atomic E-state index is 11.5. The van der Waals surface area contributed by atoms with Gasteiger partial charge in [-0.25, -0.2) is 0 Å². The molecule has 1 aliphatic rings. The fourth-order valence-corrected chi connectivity index (χ4v) is 4.30. The molecular formula is C28H36ClNO4. The minimum atomic E-state index is -0.150. The molecule has 5 nitrogen and oxygen atoms in total. The summed E-state index contributed by atoms with van der Waals surface area (Å²) in [6.45, 7) is 6.94. The number of ether oxygens (including phenoxy) is 3. The lowest BCUT2D eigenvalue weighted by atomic mass is 10.1. The van der Waals surface area contributed by atoms with Crippen LogP contribution < -0.4 is 4.74 Å². The van der Waals surface area contributed by atoms with Crippen molar-refractivity contribution in [1.82, 2.24) is 4.90 Å². The first-order valence-corrected chi connectivity index (χ1v) is 12.2. The van der Waals surface area contributed by atoms with Gasteiger partial charge in [-0.3, -0.25) is 4.79 Å². The smallest absolute Gasteiger partial charge is 0.307 e. The van der Waals surface area contributed by atoms with Crippen molar-refractivity contribution in [2.75, 3.05) is 33.4 Å². The summed E-state index contributed by atoms with van der Waals surface area (Å²) in [5.41, 5.74) is 4.82. The predicted molar refractivity (Wildman–Crippen MR) is 137 cm³/mol. The Morgan fingerprint density at radius 1 is 1.18 bits per heavy atom. The molecule has 0 fully saturated rings. The van der Waals surface area contributed by atoms with E-state index in [9.17, 15) is 4.79 Å². The van der Waals surface area contributed by atoms with E-state index in [-0.39, 0.29) is 12.1 Å². The SMILES string of the molecule is C#C.CCOC(=O)CCN(C)CCO[C@H]1CCc2cc(OCc3c(Cl)cccc3CC)ccc21. The van der Waals surface area contributed by atoms with Crippen molar-refractivity contribution in [3.8, 4) is 18.6 Å². The molecule has 3 rings (SSSR count). The van der Waals surface area contributed by atoms with Gasteiger partial charge in [0, 0.05) is 23.7 Å². The van der Waals surface area contributed by atoms with E-state index in [1.807, 2.05) is 32.2 Å². The van der Waals surface area contributed by atoms with Gasteiger partial charge < -0.3 is 19.1 Å². The largest absolute Gasteiger partial charge is 0.489 e. The molecule has 2 aromatic carbocycles. The number of halogens is 1. The van der Waals surface area contributed by atoms with E-state index in [0.717, 1.165) is 42.1 Å². The van der Waals surface area contributed by atoms with Crippen molar-refractivity contribution >= 4 is 17.6 Å². The van der Waals surface area contributed by atoms with Gasteiger partial charge in [-0.2, -0.15) is 0 Å². The lowest BCUT2D eigenvalue weighted by Crippen LogP contribution is -2.26. The molecule has 0 heterocycles. The molecular weight excluding hydrogens is 450 g/mol. The van der Waals surface area contributed by atoms with Crippen LogP contribution in [-0.2, 0) is 33.7 Å². The summed E-state index contributed by atoms with van der Waals surface area (Å²) >= 11 is 6.38. The number of benzene rings is 2. The van der Waals surface area contributed by atoms with Gasteiger partial charge in [0.1, 0.15) is 12.4 Å². The summed E-state index contributed by atoms with van der Waals surface area (Å²) in [5, 5.41) is 0.756. The molecule has 0 bridgehead atoms. The number of fused-ring (bicyclic) bond motifs is 1. The second kappa shape index (κ2) is 14.7. The minimum Gasteiger partial charge on any atom is -0.489 e. The van der Waals surface area contributed by atoms with Crippen molar-refractivity contribution < 1.29 is 19.0 Å². The summed E-state index contributed by atoms with van der Waals surface area (Å²) in [4.78, 5) is 13.6. The standard InChI is InChI=1S/C26H34ClNO4.C2H2/c1-4-19-7-6-8-24(27)23(19)18-32-21-10-11-22-20(17-21)9-12-25(22)31-16-15-28(3)14-13-26(29)30-5-2;1-2/h6-8,10-11,17,25H,4-5,9,12-16,18H2,1-3H3;1-2H/t25-;/m0./s1. The average Bonchev–Trinajstić information content (AvgIpc) is 3.25. The number of terminal acetylenes is 1. The molecule has 0 aromatic heterocycles. The molecule has 6 heteroatoms. The first-order valence-electron chi connectivity index (χ1n) is 11.8. The number of hydrogen-bond donors (Lipinski definition) is 0. The Bertz CT molecular complexity index is 943.